The van der Waals surface area contributed by atoms with E-state index in [1.807, 2.05) is 11.6 Å². The molecule has 0 saturated heterocycles. The highest BCUT2D eigenvalue weighted by Crippen LogP contribution is 2.06. The van der Waals surface area contributed by atoms with Crippen molar-refractivity contribution in [3.05, 3.63) is 47.0 Å². The lowest BCUT2D eigenvalue weighted by atomic mass is 10.2. The Morgan fingerprint density at radius 2 is 1.95 bits per heavy atom. The third-order valence-corrected chi connectivity index (χ3v) is 3.14. The molecule has 2 heterocycles. The van der Waals surface area contributed by atoms with Crippen molar-refractivity contribution in [3.8, 4) is 0 Å². The Morgan fingerprint density at radius 3 is 2.60 bits per heavy atom. The maximum Gasteiger partial charge on any atom is 0.0834 e. The lowest BCUT2D eigenvalue weighted by molar-refractivity contribution is 0.546. The largest absolute Gasteiger partial charge is 0.311 e. The first-order valence-corrected chi connectivity index (χ1v) is 7.21. The minimum Gasteiger partial charge on any atom is -0.311 e. The van der Waals surface area contributed by atoms with Crippen molar-refractivity contribution in [1.82, 2.24) is 20.1 Å². The van der Waals surface area contributed by atoms with Gasteiger partial charge in [-0.15, -0.1) is 0 Å². The number of pyridine rings is 1. The normalized spacial score (nSPS) is 11.2. The van der Waals surface area contributed by atoms with Gasteiger partial charge in [-0.2, -0.15) is 5.10 Å². The van der Waals surface area contributed by atoms with Crippen LogP contribution in [0.4, 0.5) is 0 Å². The SMILES string of the molecule is Cc1cc(C)n(Cc2cccc(CNCC(C)C)n2)n1. The van der Waals surface area contributed by atoms with Gasteiger partial charge < -0.3 is 5.32 Å². The van der Waals surface area contributed by atoms with Gasteiger partial charge in [0.2, 0.25) is 0 Å². The van der Waals surface area contributed by atoms with Crippen LogP contribution in [0.1, 0.15) is 36.6 Å². The minimum absolute atomic E-state index is 0.660. The molecule has 1 N–H and O–H groups in total. The Hall–Kier alpha value is -1.68. The van der Waals surface area contributed by atoms with E-state index in [9.17, 15) is 0 Å². The average molecular weight is 272 g/mol. The van der Waals surface area contributed by atoms with Crippen LogP contribution in [0.25, 0.3) is 0 Å². The molecule has 4 heteroatoms. The molecule has 108 valence electrons. The first-order chi connectivity index (χ1) is 9.54. The van der Waals surface area contributed by atoms with Crippen LogP contribution in [0.5, 0.6) is 0 Å². The minimum atomic E-state index is 0.660. The van der Waals surface area contributed by atoms with E-state index >= 15 is 0 Å². The number of hydrogen-bond acceptors (Lipinski definition) is 3. The van der Waals surface area contributed by atoms with Crippen molar-refractivity contribution in [1.29, 1.82) is 0 Å². The lowest BCUT2D eigenvalue weighted by Gasteiger charge is -2.09. The van der Waals surface area contributed by atoms with Crippen LogP contribution in [0.2, 0.25) is 0 Å². The second-order valence-electron chi connectivity index (χ2n) is 5.73. The molecule has 0 amide bonds. The van der Waals surface area contributed by atoms with Crippen molar-refractivity contribution >= 4 is 0 Å². The van der Waals surface area contributed by atoms with Crippen LogP contribution in [-0.4, -0.2) is 21.3 Å². The third kappa shape index (κ3) is 4.17. The smallest absolute Gasteiger partial charge is 0.0834 e. The summed E-state index contributed by atoms with van der Waals surface area (Å²) >= 11 is 0. The number of aryl methyl sites for hydroxylation is 2. The number of rotatable bonds is 6. The lowest BCUT2D eigenvalue weighted by Crippen LogP contribution is -2.20. The highest BCUT2D eigenvalue weighted by Gasteiger charge is 2.04. The summed E-state index contributed by atoms with van der Waals surface area (Å²) in [5.74, 6) is 0.660. The van der Waals surface area contributed by atoms with E-state index in [0.29, 0.717) is 5.92 Å². The zero-order valence-electron chi connectivity index (χ0n) is 12.8. The molecule has 0 radical (unpaired) electrons. The third-order valence-electron chi connectivity index (χ3n) is 3.14. The predicted molar refractivity (Wildman–Crippen MR) is 81.6 cm³/mol. The van der Waals surface area contributed by atoms with Crippen LogP contribution >= 0.6 is 0 Å². The zero-order valence-corrected chi connectivity index (χ0v) is 12.8. The van der Waals surface area contributed by atoms with E-state index < -0.39 is 0 Å². The summed E-state index contributed by atoms with van der Waals surface area (Å²) in [6.45, 7) is 11.1. The number of nitrogens with one attached hydrogen (secondary N) is 1. The molecule has 0 aliphatic rings. The van der Waals surface area contributed by atoms with Gasteiger partial charge in [0.15, 0.2) is 0 Å². The first kappa shape index (κ1) is 14.7. The quantitative estimate of drug-likeness (QED) is 0.879. The fourth-order valence-electron chi connectivity index (χ4n) is 2.19. The molecule has 2 aromatic rings. The Bertz CT molecular complexity index is 557. The van der Waals surface area contributed by atoms with Gasteiger partial charge in [0.25, 0.3) is 0 Å². The molecule has 2 rings (SSSR count). The number of aromatic nitrogens is 3. The first-order valence-electron chi connectivity index (χ1n) is 7.21. The molecule has 0 saturated carbocycles. The van der Waals surface area contributed by atoms with Gasteiger partial charge in [0.1, 0.15) is 0 Å². The Kier molecular flexibility index (Phi) is 4.90. The molecular weight excluding hydrogens is 248 g/mol. The van der Waals surface area contributed by atoms with Gasteiger partial charge in [-0.3, -0.25) is 9.67 Å². The van der Waals surface area contributed by atoms with Crippen molar-refractivity contribution in [3.63, 3.8) is 0 Å². The van der Waals surface area contributed by atoms with Crippen molar-refractivity contribution in [2.45, 2.75) is 40.8 Å². The highest BCUT2D eigenvalue weighted by atomic mass is 15.3. The monoisotopic (exact) mass is 272 g/mol. The van der Waals surface area contributed by atoms with E-state index in [1.165, 1.54) is 5.69 Å². The maximum atomic E-state index is 4.69. The van der Waals surface area contributed by atoms with Crippen LogP contribution in [0.15, 0.2) is 24.3 Å². The van der Waals surface area contributed by atoms with Crippen molar-refractivity contribution < 1.29 is 0 Å². The average Bonchev–Trinajstić information content (AvgIpc) is 2.68. The van der Waals surface area contributed by atoms with E-state index in [0.717, 1.165) is 36.7 Å². The van der Waals surface area contributed by atoms with Gasteiger partial charge in [-0.25, -0.2) is 0 Å². The van der Waals surface area contributed by atoms with Crippen molar-refractivity contribution in [2.75, 3.05) is 6.54 Å². The van der Waals surface area contributed by atoms with E-state index in [4.69, 9.17) is 4.98 Å². The summed E-state index contributed by atoms with van der Waals surface area (Å²) in [4.78, 5) is 4.69. The Labute approximate surface area is 121 Å². The molecule has 0 aliphatic carbocycles. The van der Waals surface area contributed by atoms with Crippen LogP contribution in [0.3, 0.4) is 0 Å². The van der Waals surface area contributed by atoms with Crippen LogP contribution in [-0.2, 0) is 13.1 Å². The summed E-state index contributed by atoms with van der Waals surface area (Å²) in [6.07, 6.45) is 0. The number of nitrogens with zero attached hydrogens (tertiary/aromatic N) is 3. The predicted octanol–water partition coefficient (Wildman–Crippen LogP) is 2.69. The molecule has 4 nitrogen and oxygen atoms in total. The summed E-state index contributed by atoms with van der Waals surface area (Å²) in [6, 6.07) is 8.29. The standard InChI is InChI=1S/C16H24N4/c1-12(2)9-17-10-15-6-5-7-16(18-15)11-20-14(4)8-13(3)19-20/h5-8,12,17H,9-11H2,1-4H3. The molecule has 0 spiro atoms. The highest BCUT2D eigenvalue weighted by molar-refractivity contribution is 5.13. The fraction of sp³-hybridized carbons (Fsp3) is 0.500. The Balaban J connectivity index is 2.00. The summed E-state index contributed by atoms with van der Waals surface area (Å²) in [7, 11) is 0. The second-order valence-corrected chi connectivity index (χ2v) is 5.73. The van der Waals surface area contributed by atoms with E-state index in [1.54, 1.807) is 0 Å². The molecule has 0 bridgehead atoms. The van der Waals surface area contributed by atoms with Crippen molar-refractivity contribution in [2.24, 2.45) is 5.92 Å². The summed E-state index contributed by atoms with van der Waals surface area (Å²) < 4.78 is 2.00. The second kappa shape index (κ2) is 6.66. The van der Waals surface area contributed by atoms with Gasteiger partial charge in [-0.1, -0.05) is 19.9 Å². The maximum absolute atomic E-state index is 4.69. The van der Waals surface area contributed by atoms with Gasteiger partial charge in [0.05, 0.1) is 23.6 Å². The molecule has 0 fully saturated rings. The van der Waals surface area contributed by atoms with E-state index in [2.05, 4.69) is 55.5 Å². The van der Waals surface area contributed by atoms with Crippen LogP contribution < -0.4 is 5.32 Å². The molecule has 0 unspecified atom stereocenters. The molecule has 20 heavy (non-hydrogen) atoms. The molecular formula is C16H24N4. The molecule has 0 aromatic carbocycles. The topological polar surface area (TPSA) is 42.7 Å². The Morgan fingerprint density at radius 1 is 1.20 bits per heavy atom. The van der Waals surface area contributed by atoms with E-state index in [-0.39, 0.29) is 0 Å². The van der Waals surface area contributed by atoms with Gasteiger partial charge in [-0.05, 0) is 44.5 Å². The fourth-order valence-corrected chi connectivity index (χ4v) is 2.19. The number of hydrogen-bond donors (Lipinski definition) is 1. The van der Waals surface area contributed by atoms with Crippen LogP contribution in [0, 0.1) is 19.8 Å². The summed E-state index contributed by atoms with van der Waals surface area (Å²) in [5, 5.41) is 7.90. The zero-order chi connectivity index (χ0) is 14.5. The van der Waals surface area contributed by atoms with Gasteiger partial charge >= 0.3 is 0 Å². The summed E-state index contributed by atoms with van der Waals surface area (Å²) in [5.41, 5.74) is 4.37. The molecule has 0 atom stereocenters. The molecule has 2 aromatic heterocycles. The molecule has 0 aliphatic heterocycles. The van der Waals surface area contributed by atoms with Gasteiger partial charge in [0, 0.05) is 12.2 Å².